The number of nitrogens with one attached hydrogen (secondary N) is 2. The summed E-state index contributed by atoms with van der Waals surface area (Å²) in [5.74, 6) is 0.648. The van der Waals surface area contributed by atoms with Gasteiger partial charge in [-0.2, -0.15) is 0 Å². The van der Waals surface area contributed by atoms with Crippen LogP contribution in [0.4, 0.5) is 17.1 Å². The Balaban J connectivity index is 1.74. The Labute approximate surface area is 173 Å². The molecule has 0 fully saturated rings. The lowest BCUT2D eigenvalue weighted by Gasteiger charge is -2.15. The normalized spacial score (nSPS) is 10.3. The fourth-order valence-electron chi connectivity index (χ4n) is 2.73. The Morgan fingerprint density at radius 2 is 1.59 bits per heavy atom. The summed E-state index contributed by atoms with van der Waals surface area (Å²) in [7, 11) is 1.72. The quantitative estimate of drug-likeness (QED) is 0.540. The van der Waals surface area contributed by atoms with E-state index in [1.54, 1.807) is 11.9 Å². The second-order valence-electron chi connectivity index (χ2n) is 6.96. The van der Waals surface area contributed by atoms with Gasteiger partial charge in [0.05, 0.1) is 13.2 Å². The highest BCUT2D eigenvalue weighted by Crippen LogP contribution is 2.18. The Morgan fingerprint density at radius 1 is 0.931 bits per heavy atom. The summed E-state index contributed by atoms with van der Waals surface area (Å²) < 4.78 is 5.71. The molecular formula is C23H31N3O3. The third-order valence-corrected chi connectivity index (χ3v) is 4.58. The van der Waals surface area contributed by atoms with Crippen LogP contribution >= 0.6 is 0 Å². The van der Waals surface area contributed by atoms with Gasteiger partial charge in [-0.05, 0) is 55.0 Å². The van der Waals surface area contributed by atoms with E-state index in [0.717, 1.165) is 35.8 Å². The molecule has 0 unspecified atom stereocenters. The number of anilines is 3. The van der Waals surface area contributed by atoms with Gasteiger partial charge < -0.3 is 20.3 Å². The molecule has 0 atom stereocenters. The van der Waals surface area contributed by atoms with Gasteiger partial charge in [0.2, 0.25) is 11.8 Å². The van der Waals surface area contributed by atoms with E-state index in [1.165, 1.54) is 26.2 Å². The second kappa shape index (κ2) is 11.7. The van der Waals surface area contributed by atoms with Crippen LogP contribution in [-0.2, 0) is 9.59 Å². The molecule has 2 aromatic rings. The van der Waals surface area contributed by atoms with Crippen molar-refractivity contribution in [2.75, 3.05) is 35.7 Å². The molecule has 6 nitrogen and oxygen atoms in total. The smallest absolute Gasteiger partial charge is 0.243 e. The van der Waals surface area contributed by atoms with Crippen LogP contribution < -0.4 is 20.3 Å². The van der Waals surface area contributed by atoms with E-state index >= 15 is 0 Å². The predicted octanol–water partition coefficient (Wildman–Crippen LogP) is 4.68. The van der Waals surface area contributed by atoms with E-state index in [1.807, 2.05) is 48.5 Å². The van der Waals surface area contributed by atoms with Gasteiger partial charge in [-0.1, -0.05) is 26.2 Å². The van der Waals surface area contributed by atoms with Gasteiger partial charge in [-0.3, -0.25) is 9.59 Å². The molecule has 0 bridgehead atoms. The number of benzene rings is 2. The number of carbonyl (C=O) groups excluding carboxylic acids is 2. The van der Waals surface area contributed by atoms with Crippen LogP contribution in [0.5, 0.6) is 5.75 Å². The first-order valence-electron chi connectivity index (χ1n) is 10.1. The number of hydrogen-bond donors (Lipinski definition) is 2. The molecule has 2 rings (SSSR count). The third-order valence-electron chi connectivity index (χ3n) is 4.58. The highest BCUT2D eigenvalue weighted by Gasteiger charge is 2.06. The molecule has 156 valence electrons. The lowest BCUT2D eigenvalue weighted by Crippen LogP contribution is -2.23. The van der Waals surface area contributed by atoms with E-state index in [-0.39, 0.29) is 18.4 Å². The van der Waals surface area contributed by atoms with Gasteiger partial charge >= 0.3 is 0 Å². The fraction of sp³-hybridized carbons (Fsp3) is 0.391. The summed E-state index contributed by atoms with van der Waals surface area (Å²) in [6, 6.07) is 14.8. The highest BCUT2D eigenvalue weighted by molar-refractivity contribution is 5.94. The van der Waals surface area contributed by atoms with E-state index in [2.05, 4.69) is 17.6 Å². The molecule has 0 saturated carbocycles. The Hall–Kier alpha value is -3.02. The number of nitrogens with zero attached hydrogens (tertiary/aromatic N) is 1. The maximum absolute atomic E-state index is 12.1. The summed E-state index contributed by atoms with van der Waals surface area (Å²) in [5, 5.41) is 5.93. The second-order valence-corrected chi connectivity index (χ2v) is 6.96. The molecule has 2 N–H and O–H groups in total. The van der Waals surface area contributed by atoms with Crippen molar-refractivity contribution in [3.05, 3.63) is 48.5 Å². The minimum absolute atomic E-state index is 0.0296. The van der Waals surface area contributed by atoms with Crippen molar-refractivity contribution in [1.29, 1.82) is 0 Å². The first kappa shape index (κ1) is 22.3. The molecule has 0 heterocycles. The maximum Gasteiger partial charge on any atom is 0.243 e. The Kier molecular flexibility index (Phi) is 9.02. The average molecular weight is 398 g/mol. The Bertz CT molecular complexity index is 773. The van der Waals surface area contributed by atoms with Gasteiger partial charge in [0.15, 0.2) is 0 Å². The van der Waals surface area contributed by atoms with Crippen LogP contribution in [0.1, 0.15) is 39.5 Å². The molecule has 0 aliphatic heterocycles. The molecule has 2 aromatic carbocycles. The van der Waals surface area contributed by atoms with Crippen LogP contribution in [0, 0.1) is 0 Å². The predicted molar refractivity (Wildman–Crippen MR) is 119 cm³/mol. The van der Waals surface area contributed by atoms with Crippen LogP contribution in [0.15, 0.2) is 48.5 Å². The summed E-state index contributed by atoms with van der Waals surface area (Å²) in [6.07, 6.45) is 4.70. The standard InChI is InChI=1S/C23H31N3O3/c1-4-5-6-7-16-29-22-14-10-20(11-15-22)25-23(28)17-24-19-8-12-21(13-9-19)26(3)18(2)27/h8-15,24H,4-7,16-17H2,1-3H3,(H,25,28). The van der Waals surface area contributed by atoms with Crippen molar-refractivity contribution in [2.24, 2.45) is 0 Å². The number of amides is 2. The van der Waals surface area contributed by atoms with Gasteiger partial charge in [0.25, 0.3) is 0 Å². The van der Waals surface area contributed by atoms with Crippen molar-refractivity contribution >= 4 is 28.9 Å². The zero-order chi connectivity index (χ0) is 21.1. The summed E-state index contributed by atoms with van der Waals surface area (Å²) in [4.78, 5) is 25.1. The molecule has 0 aromatic heterocycles. The lowest BCUT2D eigenvalue weighted by atomic mass is 10.2. The Morgan fingerprint density at radius 3 is 2.21 bits per heavy atom. The monoisotopic (exact) mass is 397 g/mol. The van der Waals surface area contributed by atoms with Crippen molar-refractivity contribution in [3.8, 4) is 5.75 Å². The number of rotatable bonds is 11. The first-order chi connectivity index (χ1) is 14.0. The molecule has 2 amide bonds. The van der Waals surface area contributed by atoms with E-state index in [9.17, 15) is 9.59 Å². The summed E-state index contributed by atoms with van der Waals surface area (Å²) in [6.45, 7) is 4.57. The molecule has 6 heteroatoms. The zero-order valence-electron chi connectivity index (χ0n) is 17.5. The summed E-state index contributed by atoms with van der Waals surface area (Å²) in [5.41, 5.74) is 2.35. The van der Waals surface area contributed by atoms with Gasteiger partial charge in [-0.25, -0.2) is 0 Å². The van der Waals surface area contributed by atoms with Crippen LogP contribution in [0.25, 0.3) is 0 Å². The molecule has 29 heavy (non-hydrogen) atoms. The summed E-state index contributed by atoms with van der Waals surface area (Å²) >= 11 is 0. The maximum atomic E-state index is 12.1. The molecular weight excluding hydrogens is 366 g/mol. The molecule has 0 spiro atoms. The van der Waals surface area contributed by atoms with Crippen LogP contribution in [0.2, 0.25) is 0 Å². The van der Waals surface area contributed by atoms with E-state index in [0.29, 0.717) is 0 Å². The minimum atomic E-state index is -0.136. The van der Waals surface area contributed by atoms with Gasteiger partial charge in [0.1, 0.15) is 5.75 Å². The van der Waals surface area contributed by atoms with Crippen molar-refractivity contribution in [1.82, 2.24) is 0 Å². The molecule has 0 aliphatic rings. The van der Waals surface area contributed by atoms with E-state index in [4.69, 9.17) is 4.74 Å². The van der Waals surface area contributed by atoms with Crippen molar-refractivity contribution in [2.45, 2.75) is 39.5 Å². The van der Waals surface area contributed by atoms with Crippen LogP contribution in [0.3, 0.4) is 0 Å². The third kappa shape index (κ3) is 7.86. The van der Waals surface area contributed by atoms with Crippen molar-refractivity contribution < 1.29 is 14.3 Å². The number of hydrogen-bond acceptors (Lipinski definition) is 4. The average Bonchev–Trinajstić information content (AvgIpc) is 2.73. The van der Waals surface area contributed by atoms with Crippen molar-refractivity contribution in [3.63, 3.8) is 0 Å². The molecule has 0 radical (unpaired) electrons. The first-order valence-corrected chi connectivity index (χ1v) is 10.1. The van der Waals surface area contributed by atoms with E-state index < -0.39 is 0 Å². The van der Waals surface area contributed by atoms with Crippen LogP contribution in [-0.4, -0.2) is 32.0 Å². The van der Waals surface area contributed by atoms with Gasteiger partial charge in [0, 0.05) is 31.0 Å². The highest BCUT2D eigenvalue weighted by atomic mass is 16.5. The number of carbonyl (C=O) groups is 2. The largest absolute Gasteiger partial charge is 0.494 e. The molecule has 0 aliphatic carbocycles. The van der Waals surface area contributed by atoms with Gasteiger partial charge in [-0.15, -0.1) is 0 Å². The number of ether oxygens (including phenoxy) is 1. The molecule has 0 saturated heterocycles. The zero-order valence-corrected chi connectivity index (χ0v) is 17.5. The minimum Gasteiger partial charge on any atom is -0.494 e. The SMILES string of the molecule is CCCCCCOc1ccc(NC(=O)CNc2ccc(N(C)C(C)=O)cc2)cc1. The number of unbranched alkanes of at least 4 members (excludes halogenated alkanes) is 3. The lowest BCUT2D eigenvalue weighted by molar-refractivity contribution is -0.116. The fourth-order valence-corrected chi connectivity index (χ4v) is 2.73. The topological polar surface area (TPSA) is 70.7 Å².